The average Bonchev–Trinajstić information content (AvgIpc) is 2.53. The molecule has 0 aliphatic heterocycles. The third-order valence-electron chi connectivity index (χ3n) is 3.13. The second-order valence-electron chi connectivity index (χ2n) is 5.00. The van der Waals surface area contributed by atoms with Gasteiger partial charge in [-0.3, -0.25) is 9.59 Å². The summed E-state index contributed by atoms with van der Waals surface area (Å²) in [6.45, 7) is 0. The summed E-state index contributed by atoms with van der Waals surface area (Å²) in [5, 5.41) is 5.96. The van der Waals surface area contributed by atoms with E-state index in [-0.39, 0.29) is 6.42 Å². The number of carbonyl (C=O) groups excluding carboxylic acids is 2. The molecule has 0 aliphatic rings. The summed E-state index contributed by atoms with van der Waals surface area (Å²) in [6, 6.07) is 9.53. The minimum absolute atomic E-state index is 0.363. The zero-order chi connectivity index (χ0) is 18.4. The number of hydrogen-bond acceptors (Lipinski definition) is 4. The summed E-state index contributed by atoms with van der Waals surface area (Å²) in [5.74, 6) is 0.0450. The molecule has 0 aliphatic carbocycles. The van der Waals surface area contributed by atoms with Crippen molar-refractivity contribution in [2.75, 3.05) is 24.9 Å². The Morgan fingerprint density at radius 1 is 0.840 bits per heavy atom. The van der Waals surface area contributed by atoms with Crippen LogP contribution in [0.2, 0.25) is 10.0 Å². The largest absolute Gasteiger partial charge is 0.493 e. The first kappa shape index (κ1) is 18.9. The molecule has 2 rings (SSSR count). The Labute approximate surface area is 155 Å². The first-order chi connectivity index (χ1) is 11.9. The molecular formula is C17H16Cl2N2O4. The number of rotatable bonds is 6. The molecule has 0 heterocycles. The molecule has 6 nitrogen and oxygen atoms in total. The Morgan fingerprint density at radius 2 is 1.40 bits per heavy atom. The van der Waals surface area contributed by atoms with Crippen LogP contribution in [0.25, 0.3) is 0 Å². The first-order valence-electron chi connectivity index (χ1n) is 7.19. The molecule has 132 valence electrons. The third-order valence-corrected chi connectivity index (χ3v) is 3.57. The maximum absolute atomic E-state index is 12.0. The number of nitrogens with one attached hydrogen (secondary N) is 2. The Balaban J connectivity index is 1.96. The third kappa shape index (κ3) is 5.55. The molecule has 0 saturated carbocycles. The van der Waals surface area contributed by atoms with Crippen LogP contribution in [0.1, 0.15) is 6.42 Å². The fourth-order valence-corrected chi connectivity index (χ4v) is 2.62. The van der Waals surface area contributed by atoms with Crippen molar-refractivity contribution < 1.29 is 19.1 Å². The molecule has 0 aromatic heterocycles. The Morgan fingerprint density at radius 3 is 1.96 bits per heavy atom. The number of benzene rings is 2. The molecule has 2 N–H and O–H groups in total. The molecule has 2 aromatic rings. The van der Waals surface area contributed by atoms with Crippen molar-refractivity contribution in [1.82, 2.24) is 0 Å². The highest BCUT2D eigenvalue weighted by atomic mass is 35.5. The zero-order valence-corrected chi connectivity index (χ0v) is 15.1. The lowest BCUT2D eigenvalue weighted by atomic mass is 10.2. The zero-order valence-electron chi connectivity index (χ0n) is 13.6. The molecular weight excluding hydrogens is 367 g/mol. The summed E-state index contributed by atoms with van der Waals surface area (Å²) < 4.78 is 10.3. The van der Waals surface area contributed by atoms with Crippen molar-refractivity contribution in [1.29, 1.82) is 0 Å². The summed E-state index contributed by atoms with van der Waals surface area (Å²) in [4.78, 5) is 24.0. The molecule has 0 radical (unpaired) electrons. The number of anilines is 2. The van der Waals surface area contributed by atoms with E-state index >= 15 is 0 Å². The van der Waals surface area contributed by atoms with Gasteiger partial charge in [-0.15, -0.1) is 0 Å². The molecule has 0 saturated heterocycles. The van der Waals surface area contributed by atoms with Gasteiger partial charge in [-0.25, -0.2) is 0 Å². The molecule has 2 aromatic carbocycles. The Hall–Kier alpha value is -2.44. The SMILES string of the molecule is COc1ccc(NC(=O)CC(=O)Nc2cc(Cl)cc(Cl)c2)cc1OC. The van der Waals surface area contributed by atoms with Crippen LogP contribution in [0.5, 0.6) is 11.5 Å². The molecule has 8 heteroatoms. The second-order valence-corrected chi connectivity index (χ2v) is 5.87. The van der Waals surface area contributed by atoms with Gasteiger partial charge in [0.15, 0.2) is 11.5 Å². The van der Waals surface area contributed by atoms with Gasteiger partial charge in [-0.05, 0) is 30.3 Å². The van der Waals surface area contributed by atoms with Gasteiger partial charge in [-0.2, -0.15) is 0 Å². The Kier molecular flexibility index (Phi) is 6.50. The molecule has 0 bridgehead atoms. The highest BCUT2D eigenvalue weighted by molar-refractivity contribution is 6.35. The molecule has 2 amide bonds. The highest BCUT2D eigenvalue weighted by Gasteiger charge is 2.12. The lowest BCUT2D eigenvalue weighted by Gasteiger charge is -2.11. The van der Waals surface area contributed by atoms with Crippen molar-refractivity contribution in [3.05, 3.63) is 46.4 Å². The maximum atomic E-state index is 12.0. The molecule has 0 atom stereocenters. The van der Waals surface area contributed by atoms with Crippen molar-refractivity contribution in [2.45, 2.75) is 6.42 Å². The highest BCUT2D eigenvalue weighted by Crippen LogP contribution is 2.29. The summed E-state index contributed by atoms with van der Waals surface area (Å²) in [7, 11) is 3.01. The number of halogens is 2. The topological polar surface area (TPSA) is 76.7 Å². The smallest absolute Gasteiger partial charge is 0.233 e. The van der Waals surface area contributed by atoms with Crippen molar-refractivity contribution in [2.24, 2.45) is 0 Å². The van der Waals surface area contributed by atoms with Gasteiger partial charge in [0.1, 0.15) is 6.42 Å². The van der Waals surface area contributed by atoms with E-state index in [1.807, 2.05) is 0 Å². The molecule has 0 spiro atoms. The fourth-order valence-electron chi connectivity index (χ4n) is 2.10. The number of ether oxygens (including phenoxy) is 2. The van der Waals surface area contributed by atoms with Crippen molar-refractivity contribution >= 4 is 46.4 Å². The monoisotopic (exact) mass is 382 g/mol. The van der Waals surface area contributed by atoms with Crippen LogP contribution >= 0.6 is 23.2 Å². The van der Waals surface area contributed by atoms with E-state index in [4.69, 9.17) is 32.7 Å². The number of carbonyl (C=O) groups is 2. The predicted octanol–water partition coefficient (Wildman–Crippen LogP) is 3.98. The summed E-state index contributed by atoms with van der Waals surface area (Å²) in [5.41, 5.74) is 0.905. The van der Waals surface area contributed by atoms with Crippen LogP contribution in [-0.4, -0.2) is 26.0 Å². The van der Waals surface area contributed by atoms with E-state index in [1.54, 1.807) is 24.3 Å². The maximum Gasteiger partial charge on any atom is 0.233 e. The van der Waals surface area contributed by atoms with Crippen LogP contribution in [0, 0.1) is 0 Å². The Bertz CT molecular complexity index is 776. The van der Waals surface area contributed by atoms with E-state index in [1.165, 1.54) is 26.4 Å². The van der Waals surface area contributed by atoms with E-state index in [2.05, 4.69) is 10.6 Å². The lowest BCUT2D eigenvalue weighted by Crippen LogP contribution is -2.21. The minimum atomic E-state index is -0.490. The first-order valence-corrected chi connectivity index (χ1v) is 7.94. The van der Waals surface area contributed by atoms with Gasteiger partial charge in [0, 0.05) is 27.5 Å². The lowest BCUT2D eigenvalue weighted by molar-refractivity contribution is -0.123. The van der Waals surface area contributed by atoms with Gasteiger partial charge < -0.3 is 20.1 Å². The summed E-state index contributed by atoms with van der Waals surface area (Å²) in [6.07, 6.45) is -0.363. The second kappa shape index (κ2) is 8.60. The average molecular weight is 383 g/mol. The van der Waals surface area contributed by atoms with Crippen LogP contribution < -0.4 is 20.1 Å². The molecule has 0 unspecified atom stereocenters. The van der Waals surface area contributed by atoms with Crippen LogP contribution in [0.4, 0.5) is 11.4 Å². The van der Waals surface area contributed by atoms with Gasteiger partial charge in [0.05, 0.1) is 14.2 Å². The van der Waals surface area contributed by atoms with Crippen LogP contribution in [0.3, 0.4) is 0 Å². The quantitative estimate of drug-likeness (QED) is 0.740. The minimum Gasteiger partial charge on any atom is -0.493 e. The van der Waals surface area contributed by atoms with E-state index < -0.39 is 11.8 Å². The van der Waals surface area contributed by atoms with Gasteiger partial charge in [0.25, 0.3) is 0 Å². The normalized spacial score (nSPS) is 10.1. The number of amides is 2. The fraction of sp³-hybridized carbons (Fsp3) is 0.176. The number of methoxy groups -OCH3 is 2. The van der Waals surface area contributed by atoms with E-state index in [0.717, 1.165) is 0 Å². The molecule has 0 fully saturated rings. The van der Waals surface area contributed by atoms with E-state index in [0.29, 0.717) is 32.9 Å². The van der Waals surface area contributed by atoms with Gasteiger partial charge >= 0.3 is 0 Å². The van der Waals surface area contributed by atoms with Gasteiger partial charge in [-0.1, -0.05) is 23.2 Å². The number of hydrogen-bond donors (Lipinski definition) is 2. The standard InChI is InChI=1S/C17H16Cl2N2O4/c1-24-14-4-3-12(8-15(14)25-2)20-16(22)9-17(23)21-13-6-10(18)5-11(19)7-13/h3-8H,9H2,1-2H3,(H,20,22)(H,21,23). The van der Waals surface area contributed by atoms with E-state index in [9.17, 15) is 9.59 Å². The van der Waals surface area contributed by atoms with Gasteiger partial charge in [0.2, 0.25) is 11.8 Å². The predicted molar refractivity (Wildman–Crippen MR) is 97.9 cm³/mol. The van der Waals surface area contributed by atoms with Crippen LogP contribution in [-0.2, 0) is 9.59 Å². The summed E-state index contributed by atoms with van der Waals surface area (Å²) >= 11 is 11.7. The molecule has 25 heavy (non-hydrogen) atoms. The van der Waals surface area contributed by atoms with Crippen LogP contribution in [0.15, 0.2) is 36.4 Å². The van der Waals surface area contributed by atoms with Crippen molar-refractivity contribution in [3.8, 4) is 11.5 Å². The van der Waals surface area contributed by atoms with Crippen molar-refractivity contribution in [3.63, 3.8) is 0 Å².